The van der Waals surface area contributed by atoms with Crippen LogP contribution in [0.25, 0.3) is 0 Å². The van der Waals surface area contributed by atoms with Crippen LogP contribution in [0.5, 0.6) is 0 Å². The zero-order valence-electron chi connectivity index (χ0n) is 22.1. The Labute approximate surface area is 235 Å². The molecule has 0 spiro atoms. The first-order valence-electron chi connectivity index (χ1n) is 13.2. The summed E-state index contributed by atoms with van der Waals surface area (Å²) in [6.45, 7) is 1.16. The van der Waals surface area contributed by atoms with E-state index in [4.69, 9.17) is 4.74 Å². The van der Waals surface area contributed by atoms with Crippen molar-refractivity contribution in [1.82, 2.24) is 15.1 Å². The number of nitrogens with zero attached hydrogens (tertiary/aromatic N) is 2. The van der Waals surface area contributed by atoms with Crippen LogP contribution in [0.15, 0.2) is 42.5 Å². The van der Waals surface area contributed by atoms with Gasteiger partial charge in [0, 0.05) is 30.8 Å². The minimum absolute atomic E-state index is 0.0122. The van der Waals surface area contributed by atoms with E-state index < -0.39 is 59.4 Å². The molecule has 2 aromatic rings. The van der Waals surface area contributed by atoms with E-state index in [0.717, 1.165) is 0 Å². The van der Waals surface area contributed by atoms with Crippen molar-refractivity contribution in [3.8, 4) is 0 Å². The summed E-state index contributed by atoms with van der Waals surface area (Å²) in [5, 5.41) is 2.53. The second-order valence-corrected chi connectivity index (χ2v) is 10.8. The Morgan fingerprint density at radius 3 is 2.17 bits per heavy atom. The largest absolute Gasteiger partial charge is 0.416 e. The molecule has 3 heterocycles. The monoisotopic (exact) mass is 601 g/mol. The zero-order valence-corrected chi connectivity index (χ0v) is 22.1. The van der Waals surface area contributed by atoms with E-state index in [9.17, 15) is 45.1 Å². The average Bonchev–Trinajstić information content (AvgIpc) is 3.51. The molecule has 3 amide bonds. The Balaban J connectivity index is 1.45. The van der Waals surface area contributed by atoms with Crippen LogP contribution in [0, 0.1) is 11.7 Å². The smallest absolute Gasteiger partial charge is 0.368 e. The van der Waals surface area contributed by atoms with E-state index in [1.165, 1.54) is 41.0 Å². The SMILES string of the molecule is C[C@@H](O[C@H]1CN2C(=O)CC(C(=O)N3CNC(=O)C3)C[C@H]2[C@@H]1c1ccc(F)cc1)c1cc(C(F)(F)F)cc(C(F)(F)F)c1. The van der Waals surface area contributed by atoms with E-state index in [1.807, 2.05) is 0 Å². The lowest BCUT2D eigenvalue weighted by Crippen LogP contribution is -2.48. The topological polar surface area (TPSA) is 79.0 Å². The third-order valence-corrected chi connectivity index (χ3v) is 8.04. The van der Waals surface area contributed by atoms with Gasteiger partial charge in [0.1, 0.15) is 12.4 Å². The van der Waals surface area contributed by atoms with Crippen molar-refractivity contribution in [3.05, 3.63) is 70.5 Å². The van der Waals surface area contributed by atoms with Crippen molar-refractivity contribution in [3.63, 3.8) is 0 Å². The molecule has 0 aliphatic carbocycles. The number of carbonyl (C=O) groups is 3. The van der Waals surface area contributed by atoms with Gasteiger partial charge in [-0.2, -0.15) is 26.3 Å². The van der Waals surface area contributed by atoms with Gasteiger partial charge in [-0.15, -0.1) is 0 Å². The molecule has 0 saturated carbocycles. The molecule has 0 radical (unpaired) electrons. The first-order chi connectivity index (χ1) is 19.6. The first-order valence-corrected chi connectivity index (χ1v) is 13.2. The molecular formula is C28H26F7N3O4. The number of rotatable bonds is 5. The average molecular weight is 602 g/mol. The second kappa shape index (κ2) is 10.9. The number of hydrogen-bond acceptors (Lipinski definition) is 4. The third kappa shape index (κ3) is 5.94. The van der Waals surface area contributed by atoms with Gasteiger partial charge < -0.3 is 19.9 Å². The number of hydrogen-bond donors (Lipinski definition) is 1. The van der Waals surface area contributed by atoms with Crippen LogP contribution in [0.4, 0.5) is 30.7 Å². The van der Waals surface area contributed by atoms with Gasteiger partial charge in [0.2, 0.25) is 17.7 Å². The lowest BCUT2D eigenvalue weighted by atomic mass is 9.81. The highest BCUT2D eigenvalue weighted by atomic mass is 19.4. The molecule has 0 aromatic heterocycles. The molecule has 42 heavy (non-hydrogen) atoms. The maximum atomic E-state index is 13.8. The molecule has 0 bridgehead atoms. The van der Waals surface area contributed by atoms with Crippen LogP contribution >= 0.6 is 0 Å². The number of piperidine rings is 1. The molecule has 14 heteroatoms. The van der Waals surface area contributed by atoms with E-state index in [0.29, 0.717) is 17.7 Å². The minimum Gasteiger partial charge on any atom is -0.368 e. The number of carbonyl (C=O) groups excluding carboxylic acids is 3. The first kappa shape index (κ1) is 29.8. The molecule has 1 N–H and O–H groups in total. The summed E-state index contributed by atoms with van der Waals surface area (Å²) in [5.74, 6) is -3.07. The van der Waals surface area contributed by atoms with Gasteiger partial charge in [0.15, 0.2) is 0 Å². The van der Waals surface area contributed by atoms with E-state index in [1.54, 1.807) is 0 Å². The number of fused-ring (bicyclic) bond motifs is 1. The van der Waals surface area contributed by atoms with Crippen LogP contribution in [0.3, 0.4) is 0 Å². The minimum atomic E-state index is -5.04. The lowest BCUT2D eigenvalue weighted by molar-refractivity contribution is -0.146. The Morgan fingerprint density at radius 2 is 1.62 bits per heavy atom. The standard InChI is InChI=1S/C28H26F7N3O4/c1-14(16-6-18(27(30,31)32)10-19(7-16)28(33,34)35)42-22-11-38-21(25(22)15-2-4-20(29)5-3-15)8-17(9-24(38)40)26(41)37-12-23(39)36-13-37/h2-7,10,14,17,21-22,25H,8-9,11-13H2,1H3,(H,36,39)/t14-,17?,21+,22+,25+/m1/s1. The van der Waals surface area contributed by atoms with E-state index in [-0.39, 0.29) is 62.0 Å². The van der Waals surface area contributed by atoms with Gasteiger partial charge in [0.25, 0.3) is 0 Å². The van der Waals surface area contributed by atoms with Gasteiger partial charge in [0.05, 0.1) is 30.0 Å². The molecular weight excluding hydrogens is 575 g/mol. The Morgan fingerprint density at radius 1 is 1.00 bits per heavy atom. The summed E-state index contributed by atoms with van der Waals surface area (Å²) < 4.78 is 101. The van der Waals surface area contributed by atoms with Gasteiger partial charge in [-0.25, -0.2) is 4.39 Å². The molecule has 5 atom stereocenters. The van der Waals surface area contributed by atoms with Gasteiger partial charge >= 0.3 is 12.4 Å². The lowest BCUT2D eigenvalue weighted by Gasteiger charge is -2.37. The van der Waals surface area contributed by atoms with Crippen molar-refractivity contribution >= 4 is 17.7 Å². The molecule has 226 valence electrons. The Hall–Kier alpha value is -3.68. The highest BCUT2D eigenvalue weighted by Crippen LogP contribution is 2.45. The predicted octanol–water partition coefficient (Wildman–Crippen LogP) is 4.63. The van der Waals surface area contributed by atoms with Crippen molar-refractivity contribution in [2.24, 2.45) is 5.92 Å². The molecule has 3 aliphatic heterocycles. The fourth-order valence-electron chi connectivity index (χ4n) is 6.02. The van der Waals surface area contributed by atoms with Crippen LogP contribution in [0.2, 0.25) is 0 Å². The Bertz CT molecular complexity index is 1350. The van der Waals surface area contributed by atoms with Crippen molar-refractivity contribution in [2.75, 3.05) is 19.8 Å². The third-order valence-electron chi connectivity index (χ3n) is 8.04. The number of benzene rings is 2. The Kier molecular flexibility index (Phi) is 7.71. The zero-order chi connectivity index (χ0) is 30.6. The number of amides is 3. The van der Waals surface area contributed by atoms with Crippen LogP contribution < -0.4 is 5.32 Å². The summed E-state index contributed by atoms with van der Waals surface area (Å²) in [6, 6.07) is 5.92. The highest BCUT2D eigenvalue weighted by Gasteiger charge is 2.51. The molecule has 3 saturated heterocycles. The summed E-state index contributed by atoms with van der Waals surface area (Å²) >= 11 is 0. The maximum absolute atomic E-state index is 13.8. The molecule has 2 aromatic carbocycles. The quantitative estimate of drug-likeness (QED) is 0.508. The summed E-state index contributed by atoms with van der Waals surface area (Å²) in [4.78, 5) is 40.8. The van der Waals surface area contributed by atoms with Crippen LogP contribution in [0.1, 0.15) is 54.0 Å². The second-order valence-electron chi connectivity index (χ2n) is 10.8. The fraction of sp³-hybridized carbons (Fsp3) is 0.464. The van der Waals surface area contributed by atoms with Crippen LogP contribution in [-0.4, -0.2) is 59.4 Å². The maximum Gasteiger partial charge on any atom is 0.416 e. The molecule has 7 nitrogen and oxygen atoms in total. The summed E-state index contributed by atoms with van der Waals surface area (Å²) in [6.07, 6.45) is -12.2. The predicted molar refractivity (Wildman–Crippen MR) is 132 cm³/mol. The number of ether oxygens (including phenoxy) is 1. The normalized spacial score (nSPS) is 25.4. The number of alkyl halides is 6. The summed E-state index contributed by atoms with van der Waals surface area (Å²) in [5.41, 5.74) is -2.79. The molecule has 3 aliphatic rings. The van der Waals surface area contributed by atoms with E-state index in [2.05, 4.69) is 5.32 Å². The van der Waals surface area contributed by atoms with Crippen molar-refractivity contribution < 1.29 is 49.9 Å². The molecule has 1 unspecified atom stereocenters. The van der Waals surface area contributed by atoms with Gasteiger partial charge in [-0.05, 0) is 54.8 Å². The summed E-state index contributed by atoms with van der Waals surface area (Å²) in [7, 11) is 0. The fourth-order valence-corrected chi connectivity index (χ4v) is 6.02. The number of halogens is 7. The van der Waals surface area contributed by atoms with E-state index >= 15 is 0 Å². The molecule has 5 rings (SSSR count). The van der Waals surface area contributed by atoms with Crippen molar-refractivity contribution in [1.29, 1.82) is 0 Å². The number of nitrogens with one attached hydrogen (secondary N) is 1. The van der Waals surface area contributed by atoms with Crippen LogP contribution in [-0.2, 0) is 31.5 Å². The van der Waals surface area contributed by atoms with Crippen molar-refractivity contribution in [2.45, 2.75) is 56.3 Å². The van der Waals surface area contributed by atoms with Gasteiger partial charge in [-0.3, -0.25) is 14.4 Å². The van der Waals surface area contributed by atoms with Gasteiger partial charge in [-0.1, -0.05) is 12.1 Å². The highest BCUT2D eigenvalue weighted by molar-refractivity contribution is 5.92. The molecule has 3 fully saturated rings.